The van der Waals surface area contributed by atoms with E-state index in [1.807, 2.05) is 0 Å². The number of benzene rings is 1. The number of nitrogens with one attached hydrogen (secondary N) is 2. The molecular formula is C12H12ClN5O2S. The van der Waals surface area contributed by atoms with Crippen molar-refractivity contribution in [3.05, 3.63) is 39.6 Å². The van der Waals surface area contributed by atoms with Gasteiger partial charge < -0.3 is 21.8 Å². The van der Waals surface area contributed by atoms with Gasteiger partial charge in [-0.3, -0.25) is 9.59 Å². The normalized spacial score (nSPS) is 10.3. The highest BCUT2D eigenvalue weighted by Gasteiger charge is 2.07. The van der Waals surface area contributed by atoms with Gasteiger partial charge in [-0.2, -0.15) is 0 Å². The first-order chi connectivity index (χ1) is 9.94. The molecule has 0 aliphatic carbocycles. The van der Waals surface area contributed by atoms with Crippen molar-refractivity contribution in [1.29, 1.82) is 0 Å². The number of aromatic nitrogens is 2. The van der Waals surface area contributed by atoms with Crippen LogP contribution in [-0.2, 0) is 4.79 Å². The van der Waals surface area contributed by atoms with Crippen molar-refractivity contribution < 1.29 is 4.79 Å². The SMILES string of the molecule is Nc1cc(=O)[nH]c(SCC(=O)Nc2ccc(Cl)c(N)c2)n1. The zero-order valence-electron chi connectivity index (χ0n) is 10.7. The largest absolute Gasteiger partial charge is 0.397 e. The lowest BCUT2D eigenvalue weighted by Gasteiger charge is -2.06. The Bertz CT molecular complexity index is 734. The highest BCUT2D eigenvalue weighted by atomic mass is 35.5. The molecule has 0 radical (unpaired) electrons. The molecular weight excluding hydrogens is 314 g/mol. The monoisotopic (exact) mass is 325 g/mol. The van der Waals surface area contributed by atoms with Crippen molar-refractivity contribution in [3.8, 4) is 0 Å². The van der Waals surface area contributed by atoms with E-state index in [9.17, 15) is 9.59 Å². The van der Waals surface area contributed by atoms with Gasteiger partial charge in [0, 0.05) is 11.8 Å². The molecule has 0 saturated heterocycles. The molecule has 0 bridgehead atoms. The molecule has 0 saturated carbocycles. The average molecular weight is 326 g/mol. The van der Waals surface area contributed by atoms with Crippen molar-refractivity contribution >= 4 is 46.5 Å². The molecule has 1 aromatic carbocycles. The molecule has 1 amide bonds. The van der Waals surface area contributed by atoms with E-state index < -0.39 is 0 Å². The van der Waals surface area contributed by atoms with E-state index in [0.717, 1.165) is 11.8 Å². The number of rotatable bonds is 4. The molecule has 21 heavy (non-hydrogen) atoms. The molecule has 0 unspecified atom stereocenters. The van der Waals surface area contributed by atoms with E-state index in [2.05, 4.69) is 15.3 Å². The number of anilines is 3. The van der Waals surface area contributed by atoms with Crippen LogP contribution < -0.4 is 22.3 Å². The van der Waals surface area contributed by atoms with E-state index in [1.54, 1.807) is 18.2 Å². The van der Waals surface area contributed by atoms with Crippen LogP contribution in [-0.4, -0.2) is 21.6 Å². The fourth-order valence-electron chi connectivity index (χ4n) is 1.47. The molecule has 2 aromatic rings. The summed E-state index contributed by atoms with van der Waals surface area (Å²) in [6, 6.07) is 5.96. The predicted octanol–water partition coefficient (Wildman–Crippen LogP) is 1.32. The second kappa shape index (κ2) is 6.51. The van der Waals surface area contributed by atoms with Crippen molar-refractivity contribution in [2.45, 2.75) is 5.16 Å². The number of halogens is 1. The van der Waals surface area contributed by atoms with Crippen molar-refractivity contribution in [3.63, 3.8) is 0 Å². The Hall–Kier alpha value is -2.19. The van der Waals surface area contributed by atoms with Crippen LogP contribution in [0.1, 0.15) is 0 Å². The summed E-state index contributed by atoms with van der Waals surface area (Å²) in [4.78, 5) is 29.4. The van der Waals surface area contributed by atoms with Crippen LogP contribution in [0.5, 0.6) is 0 Å². The van der Waals surface area contributed by atoms with Gasteiger partial charge in [0.1, 0.15) is 5.82 Å². The quantitative estimate of drug-likeness (QED) is 0.381. The number of aromatic amines is 1. The van der Waals surface area contributed by atoms with E-state index in [1.165, 1.54) is 6.07 Å². The van der Waals surface area contributed by atoms with Gasteiger partial charge in [-0.1, -0.05) is 23.4 Å². The minimum Gasteiger partial charge on any atom is -0.397 e. The third-order valence-corrected chi connectivity index (χ3v) is 3.58. The number of carbonyl (C=O) groups excluding carboxylic acids is 1. The first-order valence-corrected chi connectivity index (χ1v) is 7.15. The van der Waals surface area contributed by atoms with Gasteiger partial charge >= 0.3 is 0 Å². The molecule has 6 N–H and O–H groups in total. The number of thioether (sulfide) groups is 1. The minimum absolute atomic E-state index is 0.0644. The summed E-state index contributed by atoms with van der Waals surface area (Å²) < 4.78 is 0. The standard InChI is InChI=1S/C12H12ClN5O2S/c13-7-2-1-6(3-8(7)14)16-11(20)5-21-12-17-9(15)4-10(19)18-12/h1-4H,5,14H2,(H,16,20)(H3,15,17,18,19). The molecule has 7 nitrogen and oxygen atoms in total. The molecule has 110 valence electrons. The van der Waals surface area contributed by atoms with Crippen molar-refractivity contribution in [2.24, 2.45) is 0 Å². The Morgan fingerprint density at radius 1 is 1.38 bits per heavy atom. The Morgan fingerprint density at radius 3 is 2.81 bits per heavy atom. The second-order valence-electron chi connectivity index (χ2n) is 4.05. The van der Waals surface area contributed by atoms with Gasteiger partial charge in [-0.15, -0.1) is 0 Å². The van der Waals surface area contributed by atoms with Crippen LogP contribution >= 0.6 is 23.4 Å². The Balaban J connectivity index is 1.95. The van der Waals surface area contributed by atoms with Crippen LogP contribution in [0.25, 0.3) is 0 Å². The summed E-state index contributed by atoms with van der Waals surface area (Å²) in [6.45, 7) is 0. The topological polar surface area (TPSA) is 127 Å². The van der Waals surface area contributed by atoms with E-state index >= 15 is 0 Å². The number of carbonyl (C=O) groups is 1. The first-order valence-electron chi connectivity index (χ1n) is 5.78. The van der Waals surface area contributed by atoms with E-state index in [-0.39, 0.29) is 28.2 Å². The minimum atomic E-state index is -0.365. The van der Waals surface area contributed by atoms with Gasteiger partial charge in [0.05, 0.1) is 16.5 Å². The molecule has 2 rings (SSSR count). The smallest absolute Gasteiger partial charge is 0.253 e. The first kappa shape index (κ1) is 15.2. The van der Waals surface area contributed by atoms with E-state index in [4.69, 9.17) is 23.1 Å². The fraction of sp³-hybridized carbons (Fsp3) is 0.0833. The number of nitrogens with two attached hydrogens (primary N) is 2. The lowest BCUT2D eigenvalue weighted by molar-refractivity contribution is -0.113. The highest BCUT2D eigenvalue weighted by Crippen LogP contribution is 2.22. The van der Waals surface area contributed by atoms with Crippen molar-refractivity contribution in [2.75, 3.05) is 22.5 Å². The summed E-state index contributed by atoms with van der Waals surface area (Å²) >= 11 is 6.86. The third kappa shape index (κ3) is 4.40. The summed E-state index contributed by atoms with van der Waals surface area (Å²) in [7, 11) is 0. The number of hydrogen-bond donors (Lipinski definition) is 4. The van der Waals surface area contributed by atoms with Gasteiger partial charge in [-0.25, -0.2) is 4.98 Å². The van der Waals surface area contributed by atoms with Crippen LogP contribution in [0.2, 0.25) is 5.02 Å². The zero-order chi connectivity index (χ0) is 15.4. The van der Waals surface area contributed by atoms with Crippen LogP contribution in [0.4, 0.5) is 17.2 Å². The van der Waals surface area contributed by atoms with Crippen LogP contribution in [0.15, 0.2) is 34.2 Å². The average Bonchev–Trinajstić information content (AvgIpc) is 2.40. The summed E-state index contributed by atoms with van der Waals surface area (Å²) in [5.74, 6) is -0.103. The number of nitrogen functional groups attached to an aromatic ring is 2. The Morgan fingerprint density at radius 2 is 2.14 bits per heavy atom. The lowest BCUT2D eigenvalue weighted by atomic mass is 10.3. The predicted molar refractivity (Wildman–Crippen MR) is 84.5 cm³/mol. The van der Waals surface area contributed by atoms with Crippen molar-refractivity contribution in [1.82, 2.24) is 9.97 Å². The molecule has 1 heterocycles. The van der Waals surface area contributed by atoms with Gasteiger partial charge in [0.2, 0.25) is 5.91 Å². The summed E-state index contributed by atoms with van der Waals surface area (Å²) in [5.41, 5.74) is 11.6. The maximum Gasteiger partial charge on any atom is 0.253 e. The van der Waals surface area contributed by atoms with Crippen LogP contribution in [0, 0.1) is 0 Å². The van der Waals surface area contributed by atoms with Gasteiger partial charge in [0.15, 0.2) is 5.16 Å². The molecule has 0 aliphatic rings. The van der Waals surface area contributed by atoms with E-state index in [0.29, 0.717) is 16.4 Å². The second-order valence-corrected chi connectivity index (χ2v) is 5.42. The van der Waals surface area contributed by atoms with Crippen LogP contribution in [0.3, 0.4) is 0 Å². The lowest BCUT2D eigenvalue weighted by Crippen LogP contribution is -2.15. The molecule has 0 spiro atoms. The van der Waals surface area contributed by atoms with Gasteiger partial charge in [0.25, 0.3) is 5.56 Å². The maximum atomic E-state index is 11.8. The summed E-state index contributed by atoms with van der Waals surface area (Å²) in [5, 5.41) is 3.36. The third-order valence-electron chi connectivity index (χ3n) is 2.36. The number of H-pyrrole nitrogens is 1. The number of hydrogen-bond acceptors (Lipinski definition) is 6. The molecule has 1 aromatic heterocycles. The maximum absolute atomic E-state index is 11.8. The molecule has 0 aliphatic heterocycles. The summed E-state index contributed by atoms with van der Waals surface area (Å²) in [6.07, 6.45) is 0. The Labute approximate surface area is 129 Å². The zero-order valence-corrected chi connectivity index (χ0v) is 12.3. The fourth-order valence-corrected chi connectivity index (χ4v) is 2.27. The molecule has 0 fully saturated rings. The number of amides is 1. The highest BCUT2D eigenvalue weighted by molar-refractivity contribution is 7.99. The Kier molecular flexibility index (Phi) is 4.71. The van der Waals surface area contributed by atoms with Gasteiger partial charge in [-0.05, 0) is 18.2 Å². The molecule has 9 heteroatoms. The number of nitrogens with zero attached hydrogens (tertiary/aromatic N) is 1. The molecule has 0 atom stereocenters.